The van der Waals surface area contributed by atoms with Gasteiger partial charge in [0.1, 0.15) is 9.75 Å². The molecule has 1 aromatic heterocycles. The molecule has 0 aliphatic carbocycles. The summed E-state index contributed by atoms with van der Waals surface area (Å²) in [6.45, 7) is 4.08. The van der Waals surface area contributed by atoms with E-state index in [4.69, 9.17) is 4.74 Å². The fourth-order valence-electron chi connectivity index (χ4n) is 3.23. The lowest BCUT2D eigenvalue weighted by Crippen LogP contribution is -2.56. The molecule has 2 unspecified atom stereocenters. The molecule has 1 aliphatic rings. The standard InChI is InChI=1S/C17H26N2O5S2/c1-4-9-17(2,16(21)24-3)18-15(20)13-7-5-10-19(12-13)26(22,23)14-8-6-11-25-14/h6,8,11,13H,4-5,7,9-10,12H2,1-3H3,(H,18,20). The highest BCUT2D eigenvalue weighted by atomic mass is 32.2. The van der Waals surface area contributed by atoms with Gasteiger partial charge in [-0.1, -0.05) is 19.4 Å². The van der Waals surface area contributed by atoms with Crippen LogP contribution in [0, 0.1) is 5.92 Å². The Bertz CT molecular complexity index is 732. The number of esters is 1. The number of piperidine rings is 1. The van der Waals surface area contributed by atoms with Gasteiger partial charge in [0.15, 0.2) is 0 Å². The number of amides is 1. The van der Waals surface area contributed by atoms with Gasteiger partial charge < -0.3 is 10.1 Å². The van der Waals surface area contributed by atoms with E-state index in [0.29, 0.717) is 32.2 Å². The van der Waals surface area contributed by atoms with Gasteiger partial charge >= 0.3 is 5.97 Å². The number of ether oxygens (including phenoxy) is 1. The fraction of sp³-hybridized carbons (Fsp3) is 0.647. The first-order chi connectivity index (χ1) is 12.2. The number of hydrogen-bond donors (Lipinski definition) is 1. The van der Waals surface area contributed by atoms with Gasteiger partial charge in [-0.15, -0.1) is 11.3 Å². The summed E-state index contributed by atoms with van der Waals surface area (Å²) in [6, 6.07) is 3.26. The van der Waals surface area contributed by atoms with E-state index in [2.05, 4.69) is 5.32 Å². The van der Waals surface area contributed by atoms with Gasteiger partial charge in [-0.2, -0.15) is 4.31 Å². The van der Waals surface area contributed by atoms with Crippen LogP contribution in [0.3, 0.4) is 0 Å². The summed E-state index contributed by atoms with van der Waals surface area (Å²) in [6.07, 6.45) is 2.35. The molecule has 2 rings (SSSR count). The Labute approximate surface area is 158 Å². The molecule has 0 saturated carbocycles. The van der Waals surface area contributed by atoms with Crippen molar-refractivity contribution in [1.82, 2.24) is 9.62 Å². The molecule has 2 atom stereocenters. The summed E-state index contributed by atoms with van der Waals surface area (Å²) in [7, 11) is -2.29. The van der Waals surface area contributed by atoms with E-state index in [9.17, 15) is 18.0 Å². The number of hydrogen-bond acceptors (Lipinski definition) is 6. The Morgan fingerprint density at radius 2 is 2.19 bits per heavy atom. The minimum absolute atomic E-state index is 0.120. The second-order valence-corrected chi connectivity index (χ2v) is 9.81. The van der Waals surface area contributed by atoms with Crippen LogP contribution in [0.4, 0.5) is 0 Å². The zero-order chi connectivity index (χ0) is 19.4. The molecule has 1 N–H and O–H groups in total. The van der Waals surface area contributed by atoms with Crippen LogP contribution in [-0.2, 0) is 24.3 Å². The van der Waals surface area contributed by atoms with Crippen LogP contribution in [0.5, 0.6) is 0 Å². The maximum atomic E-state index is 12.7. The first kappa shape index (κ1) is 20.9. The van der Waals surface area contributed by atoms with Crippen LogP contribution in [0.15, 0.2) is 21.7 Å². The molecule has 0 radical (unpaired) electrons. The molecule has 2 heterocycles. The Balaban J connectivity index is 2.11. The Hall–Kier alpha value is -1.45. The van der Waals surface area contributed by atoms with Gasteiger partial charge in [-0.05, 0) is 37.6 Å². The highest BCUT2D eigenvalue weighted by molar-refractivity contribution is 7.91. The van der Waals surface area contributed by atoms with Crippen molar-refractivity contribution in [3.8, 4) is 0 Å². The molecule has 1 aliphatic heterocycles. The van der Waals surface area contributed by atoms with Crippen LogP contribution in [0.25, 0.3) is 0 Å². The minimum atomic E-state index is -3.58. The second kappa shape index (κ2) is 8.49. The molecule has 9 heteroatoms. The number of nitrogens with one attached hydrogen (secondary N) is 1. The van der Waals surface area contributed by atoms with Gasteiger partial charge in [-0.25, -0.2) is 13.2 Å². The zero-order valence-electron chi connectivity index (χ0n) is 15.4. The van der Waals surface area contributed by atoms with Crippen molar-refractivity contribution < 1.29 is 22.7 Å². The lowest BCUT2D eigenvalue weighted by Gasteiger charge is -2.34. The summed E-state index contributed by atoms with van der Waals surface area (Å²) in [4.78, 5) is 24.8. The number of sulfonamides is 1. The monoisotopic (exact) mass is 402 g/mol. The van der Waals surface area contributed by atoms with Crippen LogP contribution in [0.1, 0.15) is 39.5 Å². The first-order valence-electron chi connectivity index (χ1n) is 8.68. The third-order valence-corrected chi connectivity index (χ3v) is 7.87. The number of carbonyl (C=O) groups is 2. The molecule has 0 spiro atoms. The Kier molecular flexibility index (Phi) is 6.81. The van der Waals surface area contributed by atoms with Gasteiger partial charge in [-0.3, -0.25) is 4.79 Å². The molecule has 26 heavy (non-hydrogen) atoms. The topological polar surface area (TPSA) is 92.8 Å². The van der Waals surface area contributed by atoms with E-state index >= 15 is 0 Å². The summed E-state index contributed by atoms with van der Waals surface area (Å²) < 4.78 is 31.8. The SMILES string of the molecule is CCCC(C)(NC(=O)C1CCCN(S(=O)(=O)c2cccs2)C1)C(=O)OC. The molecule has 1 saturated heterocycles. The van der Waals surface area contributed by atoms with Crippen molar-refractivity contribution >= 4 is 33.2 Å². The highest BCUT2D eigenvalue weighted by Crippen LogP contribution is 2.27. The van der Waals surface area contributed by atoms with Crippen LogP contribution >= 0.6 is 11.3 Å². The lowest BCUT2D eigenvalue weighted by molar-refractivity contribution is -0.151. The number of methoxy groups -OCH3 is 1. The first-order valence-corrected chi connectivity index (χ1v) is 11.0. The van der Waals surface area contributed by atoms with E-state index in [1.807, 2.05) is 6.92 Å². The van der Waals surface area contributed by atoms with Gasteiger partial charge in [0.25, 0.3) is 10.0 Å². The third-order valence-electron chi connectivity index (χ3n) is 4.63. The largest absolute Gasteiger partial charge is 0.467 e. The Morgan fingerprint density at radius 1 is 1.46 bits per heavy atom. The van der Waals surface area contributed by atoms with E-state index in [-0.39, 0.29) is 16.7 Å². The van der Waals surface area contributed by atoms with Crippen molar-refractivity contribution in [3.63, 3.8) is 0 Å². The van der Waals surface area contributed by atoms with Crippen molar-refractivity contribution in [1.29, 1.82) is 0 Å². The number of thiophene rings is 1. The van der Waals surface area contributed by atoms with Crippen molar-refractivity contribution in [2.45, 2.75) is 49.3 Å². The zero-order valence-corrected chi connectivity index (χ0v) is 17.0. The predicted octanol–water partition coefficient (Wildman–Crippen LogP) is 2.00. The molecular weight excluding hydrogens is 376 g/mol. The maximum Gasteiger partial charge on any atom is 0.331 e. The molecule has 7 nitrogen and oxygen atoms in total. The van der Waals surface area contributed by atoms with E-state index in [0.717, 1.165) is 0 Å². The predicted molar refractivity (Wildman–Crippen MR) is 99.3 cm³/mol. The summed E-state index contributed by atoms with van der Waals surface area (Å²) in [5.74, 6) is -1.29. The smallest absolute Gasteiger partial charge is 0.331 e. The average Bonchev–Trinajstić information content (AvgIpc) is 3.16. The molecule has 0 aromatic carbocycles. The van der Waals surface area contributed by atoms with E-state index < -0.39 is 27.4 Å². The van der Waals surface area contributed by atoms with Gasteiger partial charge in [0.05, 0.1) is 13.0 Å². The summed E-state index contributed by atoms with van der Waals surface area (Å²) >= 11 is 1.17. The highest BCUT2D eigenvalue weighted by Gasteiger charge is 2.39. The van der Waals surface area contributed by atoms with Crippen molar-refractivity contribution in [3.05, 3.63) is 17.5 Å². The van der Waals surface area contributed by atoms with Crippen LogP contribution in [-0.4, -0.2) is 50.3 Å². The summed E-state index contributed by atoms with van der Waals surface area (Å²) in [5.41, 5.74) is -1.10. The third kappa shape index (κ3) is 4.44. The average molecular weight is 403 g/mol. The van der Waals surface area contributed by atoms with E-state index in [1.54, 1.807) is 24.4 Å². The Morgan fingerprint density at radius 3 is 2.77 bits per heavy atom. The number of carbonyl (C=O) groups excluding carboxylic acids is 2. The fourth-order valence-corrected chi connectivity index (χ4v) is 5.90. The second-order valence-electron chi connectivity index (χ2n) is 6.70. The van der Waals surface area contributed by atoms with Crippen molar-refractivity contribution in [2.75, 3.05) is 20.2 Å². The normalized spacial score (nSPS) is 21.0. The van der Waals surface area contributed by atoms with Gasteiger partial charge in [0, 0.05) is 13.1 Å². The molecular formula is C17H26N2O5S2. The molecule has 1 aromatic rings. The lowest BCUT2D eigenvalue weighted by atomic mass is 9.93. The van der Waals surface area contributed by atoms with Crippen LogP contribution < -0.4 is 5.32 Å². The quantitative estimate of drug-likeness (QED) is 0.704. The number of rotatable bonds is 7. The van der Waals surface area contributed by atoms with Crippen LogP contribution in [0.2, 0.25) is 0 Å². The molecule has 0 bridgehead atoms. The minimum Gasteiger partial charge on any atom is -0.467 e. The van der Waals surface area contributed by atoms with Crippen molar-refractivity contribution in [2.24, 2.45) is 5.92 Å². The van der Waals surface area contributed by atoms with Gasteiger partial charge in [0.2, 0.25) is 5.91 Å². The van der Waals surface area contributed by atoms with E-state index in [1.165, 1.54) is 22.8 Å². The molecule has 1 amide bonds. The molecule has 146 valence electrons. The summed E-state index contributed by atoms with van der Waals surface area (Å²) in [5, 5.41) is 4.50. The number of nitrogens with zero attached hydrogens (tertiary/aromatic N) is 1. The molecule has 1 fully saturated rings. The maximum absolute atomic E-state index is 12.7.